The van der Waals surface area contributed by atoms with Crippen LogP contribution in [0.1, 0.15) is 42.3 Å². The first-order valence-corrected chi connectivity index (χ1v) is 17.9. The predicted molar refractivity (Wildman–Crippen MR) is 171 cm³/mol. The summed E-state index contributed by atoms with van der Waals surface area (Å²) in [7, 11) is -9.90. The standard InChI is InChI=1S/C30H32Cl3F3N2O6S2/c1-20(2)15-37(28(39)23-6-4-8-26(13-23)45(41,42)30(34,35)36)16-21-10-22(12-25(33)11-21)17-38(19-29(3,40)18-31)46(43,44)27-9-5-7-24(32)14-27/h4-14,20,40H,15-19H2,1-3H3. The summed E-state index contributed by atoms with van der Waals surface area (Å²) >= 11 is 18.4. The highest BCUT2D eigenvalue weighted by atomic mass is 35.5. The second-order valence-corrected chi connectivity index (χ2v) is 16.4. The highest BCUT2D eigenvalue weighted by Gasteiger charge is 2.47. The van der Waals surface area contributed by atoms with Crippen LogP contribution in [0.2, 0.25) is 10.0 Å². The Morgan fingerprint density at radius 1 is 0.870 bits per heavy atom. The van der Waals surface area contributed by atoms with Gasteiger partial charge in [0.1, 0.15) is 0 Å². The van der Waals surface area contributed by atoms with Gasteiger partial charge in [-0.2, -0.15) is 17.5 Å². The molecule has 0 aliphatic carbocycles. The van der Waals surface area contributed by atoms with E-state index in [1.807, 2.05) is 13.8 Å². The van der Waals surface area contributed by atoms with E-state index in [0.717, 1.165) is 16.4 Å². The fourth-order valence-electron chi connectivity index (χ4n) is 4.52. The van der Waals surface area contributed by atoms with Crippen molar-refractivity contribution in [1.82, 2.24) is 9.21 Å². The molecule has 0 radical (unpaired) electrons. The van der Waals surface area contributed by atoms with Crippen molar-refractivity contribution in [3.63, 3.8) is 0 Å². The molecule has 16 heteroatoms. The van der Waals surface area contributed by atoms with Gasteiger partial charge in [0.25, 0.3) is 15.7 Å². The first kappa shape index (κ1) is 38.1. The zero-order valence-corrected chi connectivity index (χ0v) is 28.8. The number of sulfonamides is 1. The summed E-state index contributed by atoms with van der Waals surface area (Å²) in [5, 5.41) is 11.1. The van der Waals surface area contributed by atoms with Crippen molar-refractivity contribution in [2.45, 2.75) is 54.8 Å². The van der Waals surface area contributed by atoms with E-state index in [1.165, 1.54) is 48.2 Å². The Kier molecular flexibility index (Phi) is 12.2. The number of alkyl halides is 4. The molecule has 0 aromatic heterocycles. The smallest absolute Gasteiger partial charge is 0.388 e. The molecule has 3 aromatic carbocycles. The molecule has 0 heterocycles. The Bertz CT molecular complexity index is 1790. The van der Waals surface area contributed by atoms with Gasteiger partial charge in [0.2, 0.25) is 10.0 Å². The summed E-state index contributed by atoms with van der Waals surface area (Å²) in [5.74, 6) is -1.09. The summed E-state index contributed by atoms with van der Waals surface area (Å²) in [6, 6.07) is 14.0. The Labute approximate surface area is 281 Å². The average molecular weight is 744 g/mol. The normalized spacial score (nSPS) is 14.0. The molecule has 3 aromatic rings. The molecule has 0 aliphatic rings. The molecule has 1 atom stereocenters. The Morgan fingerprint density at radius 3 is 2.02 bits per heavy atom. The van der Waals surface area contributed by atoms with Crippen molar-refractivity contribution in [2.24, 2.45) is 5.92 Å². The summed E-state index contributed by atoms with van der Waals surface area (Å²) in [5.41, 5.74) is -6.57. The molecule has 0 fully saturated rings. The minimum Gasteiger partial charge on any atom is -0.388 e. The lowest BCUT2D eigenvalue weighted by Crippen LogP contribution is -2.44. The van der Waals surface area contributed by atoms with E-state index < -0.39 is 41.8 Å². The van der Waals surface area contributed by atoms with Crippen molar-refractivity contribution in [3.8, 4) is 0 Å². The topological polar surface area (TPSA) is 112 Å². The van der Waals surface area contributed by atoms with Gasteiger partial charge in [-0.15, -0.1) is 11.6 Å². The van der Waals surface area contributed by atoms with Crippen molar-refractivity contribution < 1.29 is 39.9 Å². The SMILES string of the molecule is CC(C)CN(Cc1cc(Cl)cc(CN(CC(C)(O)CCl)S(=O)(=O)c2cccc(Cl)c2)c1)C(=O)c1cccc(S(=O)(=O)C(F)(F)F)c1. The third-order valence-corrected chi connectivity index (χ3v) is 10.9. The zero-order valence-electron chi connectivity index (χ0n) is 24.9. The number of benzene rings is 3. The molecule has 252 valence electrons. The van der Waals surface area contributed by atoms with Crippen LogP contribution < -0.4 is 0 Å². The zero-order chi connectivity index (χ0) is 34.7. The van der Waals surface area contributed by atoms with Crippen LogP contribution in [0.25, 0.3) is 0 Å². The van der Waals surface area contributed by atoms with Crippen LogP contribution in [0.15, 0.2) is 76.5 Å². The van der Waals surface area contributed by atoms with Crippen LogP contribution >= 0.6 is 34.8 Å². The first-order chi connectivity index (χ1) is 21.2. The maximum Gasteiger partial charge on any atom is 0.501 e. The summed E-state index contributed by atoms with van der Waals surface area (Å²) < 4.78 is 91.8. The van der Waals surface area contributed by atoms with Crippen molar-refractivity contribution >= 4 is 60.6 Å². The van der Waals surface area contributed by atoms with Crippen molar-refractivity contribution in [1.29, 1.82) is 0 Å². The number of nitrogens with zero attached hydrogens (tertiary/aromatic N) is 2. The predicted octanol–water partition coefficient (Wildman–Crippen LogP) is 6.77. The lowest BCUT2D eigenvalue weighted by molar-refractivity contribution is -0.0436. The second kappa shape index (κ2) is 14.8. The van der Waals surface area contributed by atoms with E-state index in [-0.39, 0.29) is 58.5 Å². The average Bonchev–Trinajstić information content (AvgIpc) is 2.95. The molecule has 1 N–H and O–H groups in total. The highest BCUT2D eigenvalue weighted by Crippen LogP contribution is 2.31. The monoisotopic (exact) mass is 742 g/mol. The van der Waals surface area contributed by atoms with Crippen LogP contribution in [0.5, 0.6) is 0 Å². The lowest BCUT2D eigenvalue weighted by Gasteiger charge is -2.30. The second-order valence-electron chi connectivity index (χ2n) is 11.4. The van der Waals surface area contributed by atoms with Crippen LogP contribution in [0.3, 0.4) is 0 Å². The minimum atomic E-state index is -5.69. The number of halogens is 6. The van der Waals surface area contributed by atoms with Gasteiger partial charge in [0.15, 0.2) is 0 Å². The molecule has 0 spiro atoms. The van der Waals surface area contributed by atoms with Gasteiger partial charge in [0, 0.05) is 41.8 Å². The van der Waals surface area contributed by atoms with Crippen LogP contribution in [0.4, 0.5) is 13.2 Å². The molecular weight excluding hydrogens is 712 g/mol. The largest absolute Gasteiger partial charge is 0.501 e. The first-order valence-electron chi connectivity index (χ1n) is 13.7. The number of carbonyl (C=O) groups excluding carboxylic acids is 1. The molecule has 0 bridgehead atoms. The molecule has 1 unspecified atom stereocenters. The van der Waals surface area contributed by atoms with Gasteiger partial charge in [-0.3, -0.25) is 4.79 Å². The fourth-order valence-corrected chi connectivity index (χ4v) is 7.54. The van der Waals surface area contributed by atoms with Gasteiger partial charge in [0.05, 0.1) is 21.3 Å². The molecule has 0 saturated heterocycles. The van der Waals surface area contributed by atoms with E-state index >= 15 is 0 Å². The highest BCUT2D eigenvalue weighted by molar-refractivity contribution is 7.92. The van der Waals surface area contributed by atoms with Crippen molar-refractivity contribution in [2.75, 3.05) is 19.0 Å². The Morgan fingerprint density at radius 2 is 1.46 bits per heavy atom. The van der Waals surface area contributed by atoms with E-state index in [1.54, 1.807) is 12.1 Å². The number of aliphatic hydroxyl groups is 1. The van der Waals surface area contributed by atoms with Gasteiger partial charge >= 0.3 is 5.51 Å². The molecule has 3 rings (SSSR count). The number of hydrogen-bond acceptors (Lipinski definition) is 6. The summed E-state index contributed by atoms with van der Waals surface area (Å²) in [6.07, 6.45) is 0. The fraction of sp³-hybridized carbons (Fsp3) is 0.367. The Hall–Kier alpha value is -2.39. The van der Waals surface area contributed by atoms with E-state index in [2.05, 4.69) is 0 Å². The van der Waals surface area contributed by atoms with E-state index in [0.29, 0.717) is 17.2 Å². The van der Waals surface area contributed by atoms with Gasteiger partial charge in [-0.1, -0.05) is 55.2 Å². The van der Waals surface area contributed by atoms with Gasteiger partial charge < -0.3 is 10.0 Å². The maximum absolute atomic E-state index is 13.7. The number of amides is 1. The van der Waals surface area contributed by atoms with E-state index in [4.69, 9.17) is 34.8 Å². The molecule has 1 amide bonds. The number of sulfone groups is 1. The third kappa shape index (κ3) is 9.59. The van der Waals surface area contributed by atoms with Gasteiger partial charge in [-0.25, -0.2) is 16.8 Å². The maximum atomic E-state index is 13.7. The number of rotatable bonds is 13. The summed E-state index contributed by atoms with van der Waals surface area (Å²) in [6.45, 7) is 4.42. The van der Waals surface area contributed by atoms with Crippen LogP contribution in [-0.2, 0) is 33.0 Å². The number of carbonyl (C=O) groups is 1. The van der Waals surface area contributed by atoms with Crippen LogP contribution in [-0.4, -0.2) is 67.1 Å². The molecule has 46 heavy (non-hydrogen) atoms. The third-order valence-electron chi connectivity index (χ3n) is 6.56. The molecular formula is C30H32Cl3F3N2O6S2. The molecule has 8 nitrogen and oxygen atoms in total. The van der Waals surface area contributed by atoms with Crippen LogP contribution in [0, 0.1) is 5.92 Å². The minimum absolute atomic E-state index is 0.0960. The number of hydrogen-bond donors (Lipinski definition) is 1. The molecule has 0 saturated carbocycles. The van der Waals surface area contributed by atoms with Gasteiger partial charge in [-0.05, 0) is 72.5 Å². The Balaban J connectivity index is 2.00. The van der Waals surface area contributed by atoms with Crippen molar-refractivity contribution in [3.05, 3.63) is 93.5 Å². The van der Waals surface area contributed by atoms with E-state index in [9.17, 15) is 39.9 Å². The quantitative estimate of drug-likeness (QED) is 0.194. The summed E-state index contributed by atoms with van der Waals surface area (Å²) in [4.78, 5) is 13.7. The lowest BCUT2D eigenvalue weighted by atomic mass is 10.1. The molecule has 0 aliphatic heterocycles.